The first-order valence-corrected chi connectivity index (χ1v) is 7.84. The molecule has 1 heterocycles. The molecule has 0 spiro atoms. The van der Waals surface area contributed by atoms with Gasteiger partial charge in [0.2, 0.25) is 0 Å². The number of benzene rings is 2. The average molecular weight is 355 g/mol. The molecule has 3 rings (SSSR count). The van der Waals surface area contributed by atoms with Crippen molar-refractivity contribution in [3.8, 4) is 5.75 Å². The molecule has 0 radical (unpaired) electrons. The molecular formula is C18H15ClN4O2. The molecule has 0 saturated carbocycles. The lowest BCUT2D eigenvalue weighted by atomic mass is 10.2. The second kappa shape index (κ2) is 7.63. The van der Waals surface area contributed by atoms with E-state index < -0.39 is 0 Å². The van der Waals surface area contributed by atoms with Gasteiger partial charge >= 0.3 is 0 Å². The molecule has 0 saturated heterocycles. The monoisotopic (exact) mass is 354 g/mol. The van der Waals surface area contributed by atoms with Crippen LogP contribution in [0.1, 0.15) is 10.4 Å². The molecule has 2 aromatic carbocycles. The van der Waals surface area contributed by atoms with Crippen molar-refractivity contribution < 1.29 is 9.53 Å². The maximum absolute atomic E-state index is 12.1. The molecule has 3 aromatic rings. The first kappa shape index (κ1) is 16.7. The number of aromatic nitrogens is 2. The Hall–Kier alpha value is -3.12. The zero-order valence-corrected chi connectivity index (χ0v) is 14.1. The number of nitrogens with zero attached hydrogens (tertiary/aromatic N) is 2. The third-order valence-electron chi connectivity index (χ3n) is 3.38. The highest BCUT2D eigenvalue weighted by Gasteiger charge is 2.08. The molecule has 1 amide bonds. The van der Waals surface area contributed by atoms with Crippen molar-refractivity contribution in [3.63, 3.8) is 0 Å². The molecule has 126 valence electrons. The van der Waals surface area contributed by atoms with Gasteiger partial charge in [0, 0.05) is 10.6 Å². The number of amides is 1. The molecule has 0 unspecified atom stereocenters. The Morgan fingerprint density at radius 1 is 0.960 bits per heavy atom. The van der Waals surface area contributed by atoms with Crippen LogP contribution in [0.15, 0.2) is 60.7 Å². The topological polar surface area (TPSA) is 76.1 Å². The molecule has 2 N–H and O–H groups in total. The van der Waals surface area contributed by atoms with Crippen molar-refractivity contribution >= 4 is 34.8 Å². The van der Waals surface area contributed by atoms with Crippen molar-refractivity contribution in [1.29, 1.82) is 0 Å². The number of rotatable bonds is 5. The summed E-state index contributed by atoms with van der Waals surface area (Å²) in [6, 6.07) is 17.5. The number of carbonyl (C=O) groups is 1. The van der Waals surface area contributed by atoms with Gasteiger partial charge in [0.25, 0.3) is 5.91 Å². The summed E-state index contributed by atoms with van der Waals surface area (Å²) in [4.78, 5) is 12.1. The Labute approximate surface area is 149 Å². The largest absolute Gasteiger partial charge is 0.495 e. The Kier molecular flexibility index (Phi) is 5.11. The van der Waals surface area contributed by atoms with Gasteiger partial charge in [-0.1, -0.05) is 23.7 Å². The van der Waals surface area contributed by atoms with Gasteiger partial charge in [-0.15, -0.1) is 10.2 Å². The van der Waals surface area contributed by atoms with Crippen LogP contribution in [-0.4, -0.2) is 23.2 Å². The van der Waals surface area contributed by atoms with E-state index in [-0.39, 0.29) is 5.91 Å². The van der Waals surface area contributed by atoms with E-state index in [9.17, 15) is 4.79 Å². The fraction of sp³-hybridized carbons (Fsp3) is 0.0556. The van der Waals surface area contributed by atoms with Gasteiger partial charge in [0.1, 0.15) is 5.75 Å². The SMILES string of the molecule is COc1ccccc1Nc1ccc(NC(=O)c2ccc(Cl)cc2)nn1. The molecule has 0 bridgehead atoms. The normalized spacial score (nSPS) is 10.2. The van der Waals surface area contributed by atoms with Crippen LogP contribution < -0.4 is 15.4 Å². The van der Waals surface area contributed by atoms with E-state index in [1.165, 1.54) is 0 Å². The van der Waals surface area contributed by atoms with E-state index in [1.807, 2.05) is 24.3 Å². The average Bonchev–Trinajstić information content (AvgIpc) is 2.64. The zero-order valence-electron chi connectivity index (χ0n) is 13.4. The van der Waals surface area contributed by atoms with Gasteiger partial charge in [-0.2, -0.15) is 0 Å². The number of para-hydroxylation sites is 2. The molecule has 0 aliphatic carbocycles. The molecule has 6 nitrogen and oxygen atoms in total. The van der Waals surface area contributed by atoms with Crippen LogP contribution in [-0.2, 0) is 0 Å². The van der Waals surface area contributed by atoms with Crippen molar-refractivity contribution in [2.24, 2.45) is 0 Å². The predicted octanol–water partition coefficient (Wildman–Crippen LogP) is 4.13. The highest BCUT2D eigenvalue weighted by Crippen LogP contribution is 2.26. The van der Waals surface area contributed by atoms with Gasteiger partial charge < -0.3 is 15.4 Å². The number of halogens is 1. The minimum atomic E-state index is -0.281. The number of methoxy groups -OCH3 is 1. The summed E-state index contributed by atoms with van der Waals surface area (Å²) < 4.78 is 5.27. The summed E-state index contributed by atoms with van der Waals surface area (Å²) in [5.41, 5.74) is 1.26. The number of carbonyl (C=O) groups excluding carboxylic acids is 1. The van der Waals surface area contributed by atoms with Crippen molar-refractivity contribution in [1.82, 2.24) is 10.2 Å². The number of ether oxygens (including phenoxy) is 1. The smallest absolute Gasteiger partial charge is 0.256 e. The lowest BCUT2D eigenvalue weighted by Crippen LogP contribution is -2.13. The van der Waals surface area contributed by atoms with E-state index in [1.54, 1.807) is 43.5 Å². The van der Waals surface area contributed by atoms with Crippen LogP contribution >= 0.6 is 11.6 Å². The van der Waals surface area contributed by atoms with Gasteiger partial charge in [0.15, 0.2) is 11.6 Å². The van der Waals surface area contributed by atoms with E-state index in [0.29, 0.717) is 28.0 Å². The highest BCUT2D eigenvalue weighted by atomic mass is 35.5. The van der Waals surface area contributed by atoms with E-state index >= 15 is 0 Å². The summed E-state index contributed by atoms with van der Waals surface area (Å²) in [6.07, 6.45) is 0. The van der Waals surface area contributed by atoms with Crippen molar-refractivity contribution in [2.45, 2.75) is 0 Å². The first-order valence-electron chi connectivity index (χ1n) is 7.46. The molecular weight excluding hydrogens is 340 g/mol. The van der Waals surface area contributed by atoms with Gasteiger partial charge in [-0.3, -0.25) is 4.79 Å². The highest BCUT2D eigenvalue weighted by molar-refractivity contribution is 6.30. The lowest BCUT2D eigenvalue weighted by Gasteiger charge is -2.10. The third-order valence-corrected chi connectivity index (χ3v) is 3.63. The number of anilines is 3. The number of hydrogen-bond donors (Lipinski definition) is 2. The number of hydrogen-bond acceptors (Lipinski definition) is 5. The van der Waals surface area contributed by atoms with Crippen LogP contribution in [0, 0.1) is 0 Å². The Bertz CT molecular complexity index is 867. The standard InChI is InChI=1S/C18H15ClN4O2/c1-25-15-5-3-2-4-14(15)20-16-10-11-17(23-22-16)21-18(24)12-6-8-13(19)9-7-12/h2-11H,1H3,(H,20,22)(H,21,23,24). The first-order chi connectivity index (χ1) is 12.2. The second-order valence-electron chi connectivity index (χ2n) is 5.09. The fourth-order valence-electron chi connectivity index (χ4n) is 2.14. The molecule has 7 heteroatoms. The fourth-order valence-corrected chi connectivity index (χ4v) is 2.27. The van der Waals surface area contributed by atoms with Crippen LogP contribution in [0.2, 0.25) is 5.02 Å². The predicted molar refractivity (Wildman–Crippen MR) is 97.7 cm³/mol. The summed E-state index contributed by atoms with van der Waals surface area (Å²) in [5.74, 6) is 1.31. The maximum atomic E-state index is 12.1. The summed E-state index contributed by atoms with van der Waals surface area (Å²) in [6.45, 7) is 0. The van der Waals surface area contributed by atoms with E-state index in [2.05, 4.69) is 20.8 Å². The molecule has 0 fully saturated rings. The van der Waals surface area contributed by atoms with Crippen LogP contribution in [0.5, 0.6) is 5.75 Å². The van der Waals surface area contributed by atoms with Crippen LogP contribution in [0.3, 0.4) is 0 Å². The third kappa shape index (κ3) is 4.24. The summed E-state index contributed by atoms with van der Waals surface area (Å²) in [5, 5.41) is 14.4. The molecule has 0 atom stereocenters. The van der Waals surface area contributed by atoms with E-state index in [0.717, 1.165) is 5.69 Å². The lowest BCUT2D eigenvalue weighted by molar-refractivity contribution is 0.102. The van der Waals surface area contributed by atoms with Crippen LogP contribution in [0.4, 0.5) is 17.3 Å². The molecule has 1 aromatic heterocycles. The number of nitrogens with one attached hydrogen (secondary N) is 2. The molecule has 0 aliphatic rings. The van der Waals surface area contributed by atoms with E-state index in [4.69, 9.17) is 16.3 Å². The summed E-state index contributed by atoms with van der Waals surface area (Å²) in [7, 11) is 1.60. The second-order valence-corrected chi connectivity index (χ2v) is 5.53. The van der Waals surface area contributed by atoms with Crippen molar-refractivity contribution in [2.75, 3.05) is 17.7 Å². The van der Waals surface area contributed by atoms with Gasteiger partial charge in [-0.05, 0) is 48.5 Å². The van der Waals surface area contributed by atoms with Crippen molar-refractivity contribution in [3.05, 3.63) is 71.2 Å². The maximum Gasteiger partial charge on any atom is 0.256 e. The van der Waals surface area contributed by atoms with Crippen LogP contribution in [0.25, 0.3) is 0 Å². The Balaban J connectivity index is 1.68. The minimum Gasteiger partial charge on any atom is -0.495 e. The quantitative estimate of drug-likeness (QED) is 0.720. The zero-order chi connectivity index (χ0) is 17.6. The van der Waals surface area contributed by atoms with Gasteiger partial charge in [-0.25, -0.2) is 0 Å². The Morgan fingerprint density at radius 3 is 2.32 bits per heavy atom. The molecule has 0 aliphatic heterocycles. The minimum absolute atomic E-state index is 0.281. The van der Waals surface area contributed by atoms with Gasteiger partial charge in [0.05, 0.1) is 12.8 Å². The summed E-state index contributed by atoms with van der Waals surface area (Å²) >= 11 is 5.81. The Morgan fingerprint density at radius 2 is 1.64 bits per heavy atom. The molecule has 25 heavy (non-hydrogen) atoms.